The van der Waals surface area contributed by atoms with Crippen molar-refractivity contribution in [3.63, 3.8) is 0 Å². The van der Waals surface area contributed by atoms with Gasteiger partial charge < -0.3 is 19.1 Å². The number of carbonyl (C=O) groups excluding carboxylic acids is 1. The summed E-state index contributed by atoms with van der Waals surface area (Å²) in [6.07, 6.45) is 1.83. The molecule has 0 aliphatic carbocycles. The fourth-order valence-electron chi connectivity index (χ4n) is 3.25. The molecule has 2 aliphatic rings. The van der Waals surface area contributed by atoms with Crippen molar-refractivity contribution in [3.8, 4) is 17.2 Å². The summed E-state index contributed by atoms with van der Waals surface area (Å²) in [5.41, 5.74) is 2.30. The van der Waals surface area contributed by atoms with Gasteiger partial charge in [-0.1, -0.05) is 6.07 Å². The van der Waals surface area contributed by atoms with Gasteiger partial charge in [0.1, 0.15) is 5.75 Å². The zero-order valence-electron chi connectivity index (χ0n) is 15.4. The minimum atomic E-state index is 0.00123. The van der Waals surface area contributed by atoms with Gasteiger partial charge in [0.15, 0.2) is 18.1 Å². The Morgan fingerprint density at radius 3 is 2.78 bits per heavy atom. The zero-order valence-corrected chi connectivity index (χ0v) is 15.4. The van der Waals surface area contributed by atoms with Crippen LogP contribution in [0.5, 0.6) is 17.2 Å². The molecule has 1 aromatic carbocycles. The van der Waals surface area contributed by atoms with E-state index in [2.05, 4.69) is 22.9 Å². The fourth-order valence-corrected chi connectivity index (χ4v) is 3.25. The number of fused-ring (bicyclic) bond motifs is 1. The normalized spacial score (nSPS) is 16.4. The molecule has 142 valence electrons. The third kappa shape index (κ3) is 4.14. The summed E-state index contributed by atoms with van der Waals surface area (Å²) in [5, 5.41) is 0. The highest BCUT2D eigenvalue weighted by atomic mass is 16.7. The predicted molar refractivity (Wildman–Crippen MR) is 98.9 cm³/mol. The Kier molecular flexibility index (Phi) is 5.11. The van der Waals surface area contributed by atoms with Gasteiger partial charge in [0, 0.05) is 45.0 Å². The van der Waals surface area contributed by atoms with Crippen LogP contribution in [-0.4, -0.2) is 60.3 Å². The number of aryl methyl sites for hydroxylation is 1. The molecule has 1 saturated heterocycles. The summed E-state index contributed by atoms with van der Waals surface area (Å²) in [4.78, 5) is 21.1. The van der Waals surface area contributed by atoms with Gasteiger partial charge in [0.2, 0.25) is 6.79 Å². The topological polar surface area (TPSA) is 64.1 Å². The van der Waals surface area contributed by atoms with Crippen LogP contribution < -0.4 is 14.2 Å². The highest BCUT2D eigenvalue weighted by molar-refractivity contribution is 5.78. The van der Waals surface area contributed by atoms with E-state index < -0.39 is 0 Å². The summed E-state index contributed by atoms with van der Waals surface area (Å²) in [5.74, 6) is 1.96. The van der Waals surface area contributed by atoms with Crippen molar-refractivity contribution in [2.24, 2.45) is 0 Å². The average Bonchev–Trinajstić information content (AvgIpc) is 3.16. The third-order valence-corrected chi connectivity index (χ3v) is 4.92. The minimum absolute atomic E-state index is 0.00123. The van der Waals surface area contributed by atoms with E-state index in [0.29, 0.717) is 30.3 Å². The number of aromatic nitrogens is 1. The van der Waals surface area contributed by atoms with Crippen LogP contribution in [0.1, 0.15) is 11.3 Å². The molecule has 7 heteroatoms. The number of nitrogens with zero attached hydrogens (tertiary/aromatic N) is 3. The molecule has 0 atom stereocenters. The number of hydrogen-bond donors (Lipinski definition) is 0. The van der Waals surface area contributed by atoms with E-state index in [1.165, 1.54) is 5.56 Å². The smallest absolute Gasteiger partial charge is 0.260 e. The number of piperazine rings is 1. The van der Waals surface area contributed by atoms with Crippen LogP contribution in [0.3, 0.4) is 0 Å². The lowest BCUT2D eigenvalue weighted by atomic mass is 10.2. The number of amides is 1. The maximum atomic E-state index is 12.4. The van der Waals surface area contributed by atoms with E-state index >= 15 is 0 Å². The molecule has 0 spiro atoms. The summed E-state index contributed by atoms with van der Waals surface area (Å²) < 4.78 is 16.2. The number of pyridine rings is 1. The van der Waals surface area contributed by atoms with Crippen molar-refractivity contribution < 1.29 is 19.0 Å². The fraction of sp³-hybridized carbons (Fsp3) is 0.400. The number of hydrogen-bond acceptors (Lipinski definition) is 6. The zero-order chi connectivity index (χ0) is 18.6. The molecule has 4 rings (SSSR count). The summed E-state index contributed by atoms with van der Waals surface area (Å²) in [6, 6.07) is 9.36. The number of benzene rings is 1. The van der Waals surface area contributed by atoms with E-state index in [-0.39, 0.29) is 19.3 Å². The van der Waals surface area contributed by atoms with E-state index in [1.807, 2.05) is 17.2 Å². The second kappa shape index (κ2) is 7.84. The quantitative estimate of drug-likeness (QED) is 0.801. The highest BCUT2D eigenvalue weighted by Crippen LogP contribution is 2.35. The first-order valence-electron chi connectivity index (χ1n) is 9.12. The highest BCUT2D eigenvalue weighted by Gasteiger charge is 2.22. The van der Waals surface area contributed by atoms with E-state index in [9.17, 15) is 4.79 Å². The number of rotatable bonds is 5. The predicted octanol–water partition coefficient (Wildman–Crippen LogP) is 1.84. The van der Waals surface area contributed by atoms with Crippen molar-refractivity contribution >= 4 is 5.91 Å². The van der Waals surface area contributed by atoms with Crippen LogP contribution in [0.15, 0.2) is 36.5 Å². The van der Waals surface area contributed by atoms with E-state index in [4.69, 9.17) is 14.2 Å². The van der Waals surface area contributed by atoms with Crippen LogP contribution in [0.2, 0.25) is 0 Å². The average molecular weight is 369 g/mol. The lowest BCUT2D eigenvalue weighted by Crippen LogP contribution is -2.49. The molecule has 1 amide bonds. The van der Waals surface area contributed by atoms with Gasteiger partial charge in [-0.2, -0.15) is 0 Å². The molecule has 27 heavy (non-hydrogen) atoms. The molecule has 7 nitrogen and oxygen atoms in total. The van der Waals surface area contributed by atoms with Gasteiger partial charge >= 0.3 is 0 Å². The molecule has 1 aromatic heterocycles. The summed E-state index contributed by atoms with van der Waals surface area (Å²) in [6.45, 7) is 6.24. The van der Waals surface area contributed by atoms with Gasteiger partial charge in [-0.25, -0.2) is 0 Å². The first kappa shape index (κ1) is 17.6. The Bertz CT molecular complexity index is 819. The number of carbonyl (C=O) groups is 1. The van der Waals surface area contributed by atoms with Crippen molar-refractivity contribution in [2.75, 3.05) is 39.6 Å². The first-order valence-corrected chi connectivity index (χ1v) is 9.12. The molecule has 0 radical (unpaired) electrons. The molecule has 0 N–H and O–H groups in total. The van der Waals surface area contributed by atoms with Crippen molar-refractivity contribution in [2.45, 2.75) is 13.5 Å². The lowest BCUT2D eigenvalue weighted by molar-refractivity contribution is -0.135. The Hall–Kier alpha value is -2.80. The lowest BCUT2D eigenvalue weighted by Gasteiger charge is -2.34. The van der Waals surface area contributed by atoms with E-state index in [0.717, 1.165) is 25.3 Å². The minimum Gasteiger partial charge on any atom is -0.484 e. The van der Waals surface area contributed by atoms with Crippen LogP contribution in [0, 0.1) is 6.92 Å². The molecular formula is C20H23N3O4. The molecule has 0 saturated carbocycles. The Balaban J connectivity index is 1.24. The molecule has 0 bridgehead atoms. The van der Waals surface area contributed by atoms with Crippen LogP contribution >= 0.6 is 0 Å². The Morgan fingerprint density at radius 2 is 1.96 bits per heavy atom. The summed E-state index contributed by atoms with van der Waals surface area (Å²) in [7, 11) is 0. The van der Waals surface area contributed by atoms with Crippen molar-refractivity contribution in [1.29, 1.82) is 0 Å². The molecule has 2 aliphatic heterocycles. The van der Waals surface area contributed by atoms with Crippen LogP contribution in [0.25, 0.3) is 0 Å². The standard InChI is InChI=1S/C20H23N3O4/c1-15-3-2-6-21-17(15)12-22-7-9-23(10-8-22)20(24)13-25-16-4-5-18-19(11-16)27-14-26-18/h2-6,11H,7-10,12-14H2,1H3. The van der Waals surface area contributed by atoms with E-state index in [1.54, 1.807) is 18.2 Å². The second-order valence-electron chi connectivity index (χ2n) is 6.73. The monoisotopic (exact) mass is 369 g/mol. The van der Waals surface area contributed by atoms with Gasteiger partial charge in [0.25, 0.3) is 5.91 Å². The summed E-state index contributed by atoms with van der Waals surface area (Å²) >= 11 is 0. The van der Waals surface area contributed by atoms with Crippen LogP contribution in [0.4, 0.5) is 0 Å². The van der Waals surface area contributed by atoms with Crippen LogP contribution in [-0.2, 0) is 11.3 Å². The Labute approximate surface area is 158 Å². The maximum absolute atomic E-state index is 12.4. The third-order valence-electron chi connectivity index (χ3n) is 4.92. The molecular weight excluding hydrogens is 346 g/mol. The Morgan fingerprint density at radius 1 is 1.15 bits per heavy atom. The van der Waals surface area contributed by atoms with Gasteiger partial charge in [-0.15, -0.1) is 0 Å². The van der Waals surface area contributed by atoms with Crippen molar-refractivity contribution in [3.05, 3.63) is 47.8 Å². The first-order chi connectivity index (χ1) is 13.2. The second-order valence-corrected chi connectivity index (χ2v) is 6.73. The van der Waals surface area contributed by atoms with Gasteiger partial charge in [-0.3, -0.25) is 14.7 Å². The molecule has 1 fully saturated rings. The van der Waals surface area contributed by atoms with Gasteiger partial charge in [0.05, 0.1) is 5.69 Å². The number of ether oxygens (including phenoxy) is 3. The molecule has 3 heterocycles. The maximum Gasteiger partial charge on any atom is 0.260 e. The van der Waals surface area contributed by atoms with Gasteiger partial charge in [-0.05, 0) is 30.7 Å². The van der Waals surface area contributed by atoms with Crippen molar-refractivity contribution in [1.82, 2.24) is 14.8 Å². The molecule has 2 aromatic rings. The molecule has 0 unspecified atom stereocenters. The largest absolute Gasteiger partial charge is 0.484 e. The SMILES string of the molecule is Cc1cccnc1CN1CCN(C(=O)COc2ccc3c(c2)OCO3)CC1.